The zero-order chi connectivity index (χ0) is 18.2. The normalized spacial score (nSPS) is 16.6. The highest BCUT2D eigenvalue weighted by molar-refractivity contribution is 7.09. The number of para-hydroxylation sites is 1. The van der Waals surface area contributed by atoms with Crippen molar-refractivity contribution in [2.24, 2.45) is 0 Å². The summed E-state index contributed by atoms with van der Waals surface area (Å²) in [7, 11) is 0. The van der Waals surface area contributed by atoms with Gasteiger partial charge >= 0.3 is 6.03 Å². The number of anilines is 1. The predicted octanol–water partition coefficient (Wildman–Crippen LogP) is 3.08. The summed E-state index contributed by atoms with van der Waals surface area (Å²) in [6.07, 6.45) is 2.22. The third kappa shape index (κ3) is 5.94. The molecular weight excluding hydrogens is 350 g/mol. The molecule has 26 heavy (non-hydrogen) atoms. The van der Waals surface area contributed by atoms with Crippen LogP contribution in [0, 0.1) is 0 Å². The number of rotatable bonds is 7. The lowest BCUT2D eigenvalue weighted by Crippen LogP contribution is -2.43. The highest BCUT2D eigenvalue weighted by atomic mass is 32.1. The molecule has 3 amide bonds. The maximum absolute atomic E-state index is 12.3. The van der Waals surface area contributed by atoms with Gasteiger partial charge in [-0.3, -0.25) is 15.0 Å². The Hall–Kier alpha value is -2.22. The van der Waals surface area contributed by atoms with Gasteiger partial charge in [0.25, 0.3) is 0 Å². The number of ether oxygens (including phenoxy) is 1. The first kappa shape index (κ1) is 18.6. The molecule has 0 radical (unpaired) electrons. The fourth-order valence-electron chi connectivity index (χ4n) is 2.94. The Balaban J connectivity index is 1.52. The number of carbonyl (C=O) groups is 2. The standard InChI is InChI=1S/C19H23N3O3S/c23-18(21-19(24)20-15-6-2-1-3-7-15)14-22(12-16-8-4-10-25-16)13-17-9-5-11-26-17/h1-3,5-7,9,11,16H,4,8,10,12-14H2,(H2,20,21,23,24)/t16-/m0/s1. The van der Waals surface area contributed by atoms with Crippen LogP contribution in [0.25, 0.3) is 0 Å². The minimum atomic E-state index is -0.519. The molecule has 2 N–H and O–H groups in total. The topological polar surface area (TPSA) is 70.7 Å². The van der Waals surface area contributed by atoms with E-state index in [2.05, 4.69) is 10.6 Å². The molecule has 1 aromatic heterocycles. The molecule has 3 rings (SSSR count). The van der Waals surface area contributed by atoms with E-state index in [9.17, 15) is 9.59 Å². The highest BCUT2D eigenvalue weighted by Gasteiger charge is 2.22. The molecule has 2 heterocycles. The molecule has 1 aliphatic heterocycles. The van der Waals surface area contributed by atoms with Gasteiger partial charge < -0.3 is 10.1 Å². The fraction of sp³-hybridized carbons (Fsp3) is 0.368. The lowest BCUT2D eigenvalue weighted by Gasteiger charge is -2.24. The van der Waals surface area contributed by atoms with E-state index < -0.39 is 6.03 Å². The van der Waals surface area contributed by atoms with E-state index in [0.29, 0.717) is 18.8 Å². The summed E-state index contributed by atoms with van der Waals surface area (Å²) < 4.78 is 5.70. The Morgan fingerprint density at radius 1 is 1.19 bits per heavy atom. The summed E-state index contributed by atoms with van der Waals surface area (Å²) in [6.45, 7) is 2.29. The van der Waals surface area contributed by atoms with Crippen molar-refractivity contribution in [3.63, 3.8) is 0 Å². The molecule has 1 fully saturated rings. The van der Waals surface area contributed by atoms with Crippen LogP contribution in [0.5, 0.6) is 0 Å². The van der Waals surface area contributed by atoms with E-state index in [4.69, 9.17) is 4.74 Å². The van der Waals surface area contributed by atoms with Gasteiger partial charge in [0.1, 0.15) is 0 Å². The van der Waals surface area contributed by atoms with Crippen LogP contribution in [-0.2, 0) is 16.1 Å². The number of urea groups is 1. The predicted molar refractivity (Wildman–Crippen MR) is 102 cm³/mol. The molecule has 1 saturated heterocycles. The van der Waals surface area contributed by atoms with Gasteiger partial charge in [-0.25, -0.2) is 4.79 Å². The molecule has 6 nitrogen and oxygen atoms in total. The molecule has 7 heteroatoms. The maximum Gasteiger partial charge on any atom is 0.325 e. The minimum absolute atomic E-state index is 0.153. The molecule has 1 atom stereocenters. The van der Waals surface area contributed by atoms with Crippen molar-refractivity contribution in [3.8, 4) is 0 Å². The maximum atomic E-state index is 12.3. The van der Waals surface area contributed by atoms with Crippen molar-refractivity contribution in [2.75, 3.05) is 25.0 Å². The zero-order valence-electron chi connectivity index (χ0n) is 14.5. The molecule has 0 bridgehead atoms. The highest BCUT2D eigenvalue weighted by Crippen LogP contribution is 2.17. The smallest absolute Gasteiger partial charge is 0.325 e. The van der Waals surface area contributed by atoms with Crippen LogP contribution in [-0.4, -0.2) is 42.6 Å². The Morgan fingerprint density at radius 3 is 2.73 bits per heavy atom. The van der Waals surface area contributed by atoms with Gasteiger partial charge in [0.05, 0.1) is 12.6 Å². The molecule has 1 aromatic carbocycles. The van der Waals surface area contributed by atoms with Crippen molar-refractivity contribution in [1.82, 2.24) is 10.2 Å². The van der Waals surface area contributed by atoms with Crippen molar-refractivity contribution in [3.05, 3.63) is 52.7 Å². The van der Waals surface area contributed by atoms with Crippen LogP contribution in [0.15, 0.2) is 47.8 Å². The van der Waals surface area contributed by atoms with E-state index in [0.717, 1.165) is 19.4 Å². The molecule has 0 unspecified atom stereocenters. The second-order valence-electron chi connectivity index (χ2n) is 6.25. The van der Waals surface area contributed by atoms with Crippen LogP contribution < -0.4 is 10.6 Å². The van der Waals surface area contributed by atoms with Crippen LogP contribution >= 0.6 is 11.3 Å². The Bertz CT molecular complexity index is 700. The molecule has 0 saturated carbocycles. The van der Waals surface area contributed by atoms with Crippen molar-refractivity contribution < 1.29 is 14.3 Å². The van der Waals surface area contributed by atoms with Crippen LogP contribution in [0.4, 0.5) is 10.5 Å². The zero-order valence-corrected chi connectivity index (χ0v) is 15.3. The van der Waals surface area contributed by atoms with E-state index in [1.54, 1.807) is 23.5 Å². The third-order valence-electron chi connectivity index (χ3n) is 4.10. The van der Waals surface area contributed by atoms with Gasteiger partial charge in [-0.15, -0.1) is 11.3 Å². The van der Waals surface area contributed by atoms with Crippen molar-refractivity contribution in [2.45, 2.75) is 25.5 Å². The molecule has 138 valence electrons. The van der Waals surface area contributed by atoms with Crippen LogP contribution in [0.1, 0.15) is 17.7 Å². The lowest BCUT2D eigenvalue weighted by atomic mass is 10.2. The number of nitrogens with one attached hydrogen (secondary N) is 2. The van der Waals surface area contributed by atoms with Crippen molar-refractivity contribution >= 4 is 29.0 Å². The Kier molecular flexibility index (Phi) is 6.76. The van der Waals surface area contributed by atoms with Gasteiger partial charge in [-0.05, 0) is 36.4 Å². The lowest BCUT2D eigenvalue weighted by molar-refractivity contribution is -0.121. The quantitative estimate of drug-likeness (QED) is 0.782. The van der Waals surface area contributed by atoms with Gasteiger partial charge in [-0.2, -0.15) is 0 Å². The summed E-state index contributed by atoms with van der Waals surface area (Å²) in [5.41, 5.74) is 0.646. The number of thiophene rings is 1. The third-order valence-corrected chi connectivity index (χ3v) is 4.96. The summed E-state index contributed by atoms with van der Waals surface area (Å²) in [5, 5.41) is 7.07. The van der Waals surface area contributed by atoms with Gasteiger partial charge in [-0.1, -0.05) is 24.3 Å². The SMILES string of the molecule is O=C(CN(Cc1cccs1)C[C@@H]1CCCO1)NC(=O)Nc1ccccc1. The Morgan fingerprint density at radius 2 is 2.04 bits per heavy atom. The number of carbonyl (C=O) groups excluding carboxylic acids is 2. The average molecular weight is 373 g/mol. The van der Waals surface area contributed by atoms with E-state index in [1.165, 1.54) is 4.88 Å². The first-order valence-electron chi connectivity index (χ1n) is 8.71. The van der Waals surface area contributed by atoms with Gasteiger partial charge in [0.2, 0.25) is 5.91 Å². The number of imide groups is 1. The summed E-state index contributed by atoms with van der Waals surface area (Å²) in [4.78, 5) is 27.5. The van der Waals surface area contributed by atoms with E-state index >= 15 is 0 Å². The largest absolute Gasteiger partial charge is 0.377 e. The first-order chi connectivity index (χ1) is 12.7. The second kappa shape index (κ2) is 9.47. The van der Waals surface area contributed by atoms with Crippen LogP contribution in [0.2, 0.25) is 0 Å². The number of nitrogens with zero attached hydrogens (tertiary/aromatic N) is 1. The molecular formula is C19H23N3O3S. The van der Waals surface area contributed by atoms with Crippen LogP contribution in [0.3, 0.4) is 0 Å². The number of amides is 3. The summed E-state index contributed by atoms with van der Waals surface area (Å²) in [6, 6.07) is 12.6. The first-order valence-corrected chi connectivity index (χ1v) is 9.59. The van der Waals surface area contributed by atoms with E-state index in [1.807, 2.05) is 40.6 Å². The number of hydrogen-bond acceptors (Lipinski definition) is 5. The second-order valence-corrected chi connectivity index (χ2v) is 7.28. The van der Waals surface area contributed by atoms with Gasteiger partial charge in [0, 0.05) is 30.3 Å². The average Bonchev–Trinajstić information content (AvgIpc) is 3.29. The molecule has 2 aromatic rings. The molecule has 1 aliphatic rings. The molecule has 0 aliphatic carbocycles. The fourth-order valence-corrected chi connectivity index (χ4v) is 3.68. The molecule has 0 spiro atoms. The summed E-state index contributed by atoms with van der Waals surface area (Å²) >= 11 is 1.66. The van der Waals surface area contributed by atoms with Crippen molar-refractivity contribution in [1.29, 1.82) is 0 Å². The minimum Gasteiger partial charge on any atom is -0.377 e. The Labute approximate surface area is 157 Å². The number of hydrogen-bond donors (Lipinski definition) is 2. The monoisotopic (exact) mass is 373 g/mol. The summed E-state index contributed by atoms with van der Waals surface area (Å²) in [5.74, 6) is -0.326. The van der Waals surface area contributed by atoms with E-state index in [-0.39, 0.29) is 18.6 Å². The number of benzene rings is 1. The van der Waals surface area contributed by atoms with Gasteiger partial charge in [0.15, 0.2) is 0 Å².